The van der Waals surface area contributed by atoms with Crippen molar-refractivity contribution in [2.24, 2.45) is 5.41 Å². The van der Waals surface area contributed by atoms with Crippen molar-refractivity contribution in [3.8, 4) is 0 Å². The summed E-state index contributed by atoms with van der Waals surface area (Å²) in [6, 6.07) is 3.86. The van der Waals surface area contributed by atoms with Crippen LogP contribution >= 0.6 is 0 Å². The molecule has 0 bridgehead atoms. The third-order valence-corrected chi connectivity index (χ3v) is 3.80. The summed E-state index contributed by atoms with van der Waals surface area (Å²) in [6.45, 7) is 2.65. The van der Waals surface area contributed by atoms with Gasteiger partial charge in [-0.1, -0.05) is 6.07 Å². The molecule has 1 fully saturated rings. The number of aryl methyl sites for hydroxylation is 1. The number of aromatic nitrogens is 2. The summed E-state index contributed by atoms with van der Waals surface area (Å²) < 4.78 is 1.79. The van der Waals surface area contributed by atoms with Crippen LogP contribution in [0.5, 0.6) is 0 Å². The van der Waals surface area contributed by atoms with Gasteiger partial charge in [0.15, 0.2) is 0 Å². The van der Waals surface area contributed by atoms with Gasteiger partial charge in [-0.25, -0.2) is 4.98 Å². The number of nitrogens with one attached hydrogen (secondary N) is 1. The van der Waals surface area contributed by atoms with Gasteiger partial charge in [-0.15, -0.1) is 0 Å². The highest BCUT2D eigenvalue weighted by Crippen LogP contribution is 2.44. The lowest BCUT2D eigenvalue weighted by atomic mass is 10.1. The van der Waals surface area contributed by atoms with Crippen molar-refractivity contribution in [3.63, 3.8) is 0 Å². The number of aliphatic hydroxyl groups excluding tert-OH is 1. The number of hydrogen-bond donors (Lipinski definition) is 2. The number of aliphatic hydroxyl groups is 1. The second-order valence-corrected chi connectivity index (χ2v) is 5.42. The lowest BCUT2D eigenvalue weighted by Gasteiger charge is -2.12. The van der Waals surface area contributed by atoms with Crippen LogP contribution in [-0.4, -0.2) is 33.6 Å². The first-order chi connectivity index (χ1) is 9.13. The van der Waals surface area contributed by atoms with Gasteiger partial charge in [-0.2, -0.15) is 0 Å². The largest absolute Gasteiger partial charge is 0.396 e. The molecule has 0 atom stereocenters. The molecule has 19 heavy (non-hydrogen) atoms. The maximum Gasteiger partial charge on any atom is 0.269 e. The predicted molar refractivity (Wildman–Crippen MR) is 71.0 cm³/mol. The lowest BCUT2D eigenvalue weighted by Crippen LogP contribution is -2.32. The van der Waals surface area contributed by atoms with E-state index < -0.39 is 0 Å². The number of amides is 1. The average molecular weight is 259 g/mol. The average Bonchev–Trinajstić information content (AvgIpc) is 3.08. The predicted octanol–water partition coefficient (Wildman–Crippen LogP) is 1.15. The van der Waals surface area contributed by atoms with E-state index in [0.29, 0.717) is 12.2 Å². The lowest BCUT2D eigenvalue weighted by molar-refractivity contribution is 0.0929. The summed E-state index contributed by atoms with van der Waals surface area (Å²) in [4.78, 5) is 16.4. The Hall–Kier alpha value is -1.88. The van der Waals surface area contributed by atoms with Gasteiger partial charge in [0.05, 0.1) is 12.8 Å². The first-order valence-electron chi connectivity index (χ1n) is 6.46. The molecule has 3 rings (SSSR count). The maximum atomic E-state index is 12.2. The molecule has 1 aliphatic rings. The third-order valence-electron chi connectivity index (χ3n) is 3.80. The molecule has 2 aromatic rings. The molecule has 0 aromatic carbocycles. The van der Waals surface area contributed by atoms with Crippen LogP contribution in [0.15, 0.2) is 24.5 Å². The van der Waals surface area contributed by atoms with Crippen LogP contribution in [0.4, 0.5) is 0 Å². The Labute approximate surface area is 111 Å². The molecule has 1 saturated carbocycles. The number of carbonyl (C=O) groups is 1. The minimum absolute atomic E-state index is 0.0773. The summed E-state index contributed by atoms with van der Waals surface area (Å²) in [5.41, 5.74) is 2.30. The van der Waals surface area contributed by atoms with Crippen LogP contribution in [0, 0.1) is 12.3 Å². The molecule has 1 aliphatic carbocycles. The summed E-state index contributed by atoms with van der Waals surface area (Å²) in [7, 11) is 0. The Morgan fingerprint density at radius 1 is 1.53 bits per heavy atom. The highest BCUT2D eigenvalue weighted by molar-refractivity contribution is 5.93. The number of hydrogen-bond acceptors (Lipinski definition) is 3. The van der Waals surface area contributed by atoms with Crippen molar-refractivity contribution in [2.45, 2.75) is 19.8 Å². The zero-order chi connectivity index (χ0) is 13.5. The van der Waals surface area contributed by atoms with Crippen LogP contribution < -0.4 is 5.32 Å². The second-order valence-electron chi connectivity index (χ2n) is 5.42. The van der Waals surface area contributed by atoms with Gasteiger partial charge in [-0.05, 0) is 31.4 Å². The van der Waals surface area contributed by atoms with Gasteiger partial charge in [0, 0.05) is 18.2 Å². The number of carbonyl (C=O) groups excluding carboxylic acids is 1. The fourth-order valence-corrected chi connectivity index (χ4v) is 2.18. The summed E-state index contributed by atoms with van der Waals surface area (Å²) in [5, 5.41) is 12.1. The first kappa shape index (κ1) is 12.2. The SMILES string of the molecule is Cc1ccc2ncc(C(=O)NCC3(CO)CC3)n2c1. The highest BCUT2D eigenvalue weighted by Gasteiger charge is 2.42. The van der Waals surface area contributed by atoms with Crippen LogP contribution in [-0.2, 0) is 0 Å². The third kappa shape index (κ3) is 2.21. The first-order valence-corrected chi connectivity index (χ1v) is 6.46. The summed E-state index contributed by atoms with van der Waals surface area (Å²) >= 11 is 0. The van der Waals surface area contributed by atoms with Crippen molar-refractivity contribution in [3.05, 3.63) is 35.8 Å². The van der Waals surface area contributed by atoms with Gasteiger partial charge in [-0.3, -0.25) is 9.20 Å². The minimum atomic E-state index is -0.141. The molecule has 1 amide bonds. The monoisotopic (exact) mass is 259 g/mol. The molecular formula is C14H17N3O2. The maximum absolute atomic E-state index is 12.2. The zero-order valence-corrected chi connectivity index (χ0v) is 10.9. The molecule has 5 nitrogen and oxygen atoms in total. The quantitative estimate of drug-likeness (QED) is 0.865. The Kier molecular flexibility index (Phi) is 2.78. The van der Waals surface area contributed by atoms with Crippen molar-refractivity contribution >= 4 is 11.6 Å². The molecule has 2 heterocycles. The number of nitrogens with zero attached hydrogens (tertiary/aromatic N) is 2. The molecule has 5 heteroatoms. The van der Waals surface area contributed by atoms with Crippen LogP contribution in [0.25, 0.3) is 5.65 Å². The van der Waals surface area contributed by atoms with E-state index >= 15 is 0 Å². The Bertz CT molecular complexity index is 629. The molecule has 0 aliphatic heterocycles. The molecule has 0 unspecified atom stereocenters. The Morgan fingerprint density at radius 3 is 3.00 bits per heavy atom. The molecule has 2 N–H and O–H groups in total. The van der Waals surface area contributed by atoms with E-state index in [9.17, 15) is 9.90 Å². The van der Waals surface area contributed by atoms with Gasteiger partial charge in [0.25, 0.3) is 5.91 Å². The summed E-state index contributed by atoms with van der Waals surface area (Å²) in [6.07, 6.45) is 5.45. The number of rotatable bonds is 4. The summed E-state index contributed by atoms with van der Waals surface area (Å²) in [5.74, 6) is -0.141. The molecular weight excluding hydrogens is 242 g/mol. The van der Waals surface area contributed by atoms with E-state index in [0.717, 1.165) is 24.1 Å². The van der Waals surface area contributed by atoms with Crippen molar-refractivity contribution in [2.75, 3.05) is 13.2 Å². The Morgan fingerprint density at radius 2 is 2.32 bits per heavy atom. The van der Waals surface area contributed by atoms with Crippen molar-refractivity contribution < 1.29 is 9.90 Å². The zero-order valence-electron chi connectivity index (χ0n) is 10.9. The topological polar surface area (TPSA) is 66.6 Å². The minimum Gasteiger partial charge on any atom is -0.396 e. The van der Waals surface area contributed by atoms with E-state index in [4.69, 9.17) is 0 Å². The molecule has 2 aromatic heterocycles. The van der Waals surface area contributed by atoms with Crippen molar-refractivity contribution in [1.29, 1.82) is 0 Å². The van der Waals surface area contributed by atoms with Crippen LogP contribution in [0.2, 0.25) is 0 Å². The second kappa shape index (κ2) is 4.35. The van der Waals surface area contributed by atoms with Gasteiger partial charge in [0.1, 0.15) is 11.3 Å². The van der Waals surface area contributed by atoms with E-state index in [1.54, 1.807) is 10.6 Å². The highest BCUT2D eigenvalue weighted by atomic mass is 16.3. The van der Waals surface area contributed by atoms with Gasteiger partial charge < -0.3 is 10.4 Å². The van der Waals surface area contributed by atoms with E-state index in [-0.39, 0.29) is 17.9 Å². The van der Waals surface area contributed by atoms with Gasteiger partial charge in [0.2, 0.25) is 0 Å². The standard InChI is InChI=1S/C14H17N3O2/c1-10-2-3-12-15-6-11(17(12)7-10)13(19)16-8-14(9-18)4-5-14/h2-3,6-7,18H,4-5,8-9H2,1H3,(H,16,19). The van der Waals surface area contributed by atoms with Crippen molar-refractivity contribution in [1.82, 2.24) is 14.7 Å². The van der Waals surface area contributed by atoms with Crippen LogP contribution in [0.1, 0.15) is 28.9 Å². The number of imidazole rings is 1. The number of fused-ring (bicyclic) bond motifs is 1. The van der Waals surface area contributed by atoms with Gasteiger partial charge >= 0.3 is 0 Å². The number of pyridine rings is 1. The molecule has 0 radical (unpaired) electrons. The molecule has 100 valence electrons. The van der Waals surface area contributed by atoms with Crippen LogP contribution in [0.3, 0.4) is 0 Å². The smallest absolute Gasteiger partial charge is 0.269 e. The normalized spacial score (nSPS) is 16.5. The van der Waals surface area contributed by atoms with E-state index in [1.165, 1.54) is 0 Å². The molecule has 0 spiro atoms. The fourth-order valence-electron chi connectivity index (χ4n) is 2.18. The van der Waals surface area contributed by atoms with E-state index in [2.05, 4.69) is 10.3 Å². The fraction of sp³-hybridized carbons (Fsp3) is 0.429. The Balaban J connectivity index is 1.79. The molecule has 0 saturated heterocycles. The van der Waals surface area contributed by atoms with E-state index in [1.807, 2.05) is 25.3 Å².